The van der Waals surface area contributed by atoms with Crippen LogP contribution >= 0.6 is 0 Å². The van der Waals surface area contributed by atoms with Crippen LogP contribution in [0.3, 0.4) is 0 Å². The van der Waals surface area contributed by atoms with E-state index in [0.29, 0.717) is 18.9 Å². The number of carbonyl (C=O) groups is 2. The fourth-order valence-electron chi connectivity index (χ4n) is 4.85. The Morgan fingerprint density at radius 2 is 1.66 bits per heavy atom. The van der Waals surface area contributed by atoms with Crippen LogP contribution < -0.4 is 0 Å². The van der Waals surface area contributed by atoms with E-state index in [1.54, 1.807) is 21.9 Å². The lowest BCUT2D eigenvalue weighted by molar-refractivity contribution is -0.167. The van der Waals surface area contributed by atoms with Gasteiger partial charge < -0.3 is 14.9 Å². The highest BCUT2D eigenvalue weighted by atomic mass is 19.1. The highest BCUT2D eigenvalue weighted by Crippen LogP contribution is 2.43. The lowest BCUT2D eigenvalue weighted by Gasteiger charge is -2.58. The third kappa shape index (κ3) is 4.01. The second-order valence-corrected chi connectivity index (χ2v) is 8.94. The van der Waals surface area contributed by atoms with Gasteiger partial charge in [0.2, 0.25) is 11.8 Å². The van der Waals surface area contributed by atoms with Crippen molar-refractivity contribution in [2.45, 2.75) is 37.3 Å². The minimum Gasteiger partial charge on any atom is -0.394 e. The first-order chi connectivity index (χ1) is 15.5. The lowest BCUT2D eigenvalue weighted by atomic mass is 9.73. The predicted octanol–water partition coefficient (Wildman–Crippen LogP) is 2.52. The van der Waals surface area contributed by atoms with Gasteiger partial charge >= 0.3 is 0 Å². The van der Waals surface area contributed by atoms with Crippen molar-refractivity contribution in [3.63, 3.8) is 0 Å². The summed E-state index contributed by atoms with van der Waals surface area (Å²) in [6.07, 6.45) is 2.75. The zero-order valence-electron chi connectivity index (χ0n) is 17.7. The van der Waals surface area contributed by atoms with Gasteiger partial charge in [-0.3, -0.25) is 9.59 Å². The average Bonchev–Trinajstić information content (AvgIpc) is 3.59. The molecule has 2 aromatic rings. The number of carbonyl (C=O) groups excluding carboxylic acids is 2. The molecular formula is C26H25FN2O3. The first-order valence-corrected chi connectivity index (χ1v) is 11.1. The van der Waals surface area contributed by atoms with Gasteiger partial charge in [-0.15, -0.1) is 0 Å². The van der Waals surface area contributed by atoms with Crippen molar-refractivity contribution in [2.75, 3.05) is 19.7 Å². The number of halogens is 1. The quantitative estimate of drug-likeness (QED) is 0.756. The van der Waals surface area contributed by atoms with Crippen LogP contribution in [0.15, 0.2) is 48.5 Å². The van der Waals surface area contributed by atoms with Crippen molar-refractivity contribution >= 4 is 11.8 Å². The maximum absolute atomic E-state index is 13.0. The summed E-state index contributed by atoms with van der Waals surface area (Å²) in [7, 11) is 0. The topological polar surface area (TPSA) is 60.9 Å². The van der Waals surface area contributed by atoms with Crippen LogP contribution in [0.1, 0.15) is 41.9 Å². The first kappa shape index (κ1) is 20.7. The number of piperazine rings is 1. The van der Waals surface area contributed by atoms with Crippen LogP contribution in [-0.2, 0) is 9.59 Å². The highest BCUT2D eigenvalue weighted by Gasteiger charge is 2.54. The Balaban J connectivity index is 1.31. The van der Waals surface area contributed by atoms with Gasteiger partial charge in [-0.25, -0.2) is 4.39 Å². The van der Waals surface area contributed by atoms with E-state index in [0.717, 1.165) is 29.5 Å². The molecule has 2 aliphatic heterocycles. The van der Waals surface area contributed by atoms with E-state index in [2.05, 4.69) is 11.8 Å². The van der Waals surface area contributed by atoms with Gasteiger partial charge in [0.15, 0.2) is 0 Å². The van der Waals surface area contributed by atoms with Crippen molar-refractivity contribution in [1.82, 2.24) is 9.80 Å². The van der Waals surface area contributed by atoms with Gasteiger partial charge in [0.1, 0.15) is 5.82 Å². The largest absolute Gasteiger partial charge is 0.394 e. The van der Waals surface area contributed by atoms with Crippen LogP contribution in [0.2, 0.25) is 0 Å². The van der Waals surface area contributed by atoms with E-state index in [-0.39, 0.29) is 48.8 Å². The summed E-state index contributed by atoms with van der Waals surface area (Å²) >= 11 is 0. The Kier molecular flexibility index (Phi) is 5.44. The molecule has 2 aromatic carbocycles. The Labute approximate surface area is 186 Å². The molecular weight excluding hydrogens is 407 g/mol. The second kappa shape index (κ2) is 8.40. The molecule has 3 fully saturated rings. The van der Waals surface area contributed by atoms with Gasteiger partial charge in [-0.1, -0.05) is 24.0 Å². The zero-order chi connectivity index (χ0) is 22.2. The summed E-state index contributed by atoms with van der Waals surface area (Å²) in [6.45, 7) is 0.531. The molecule has 0 bridgehead atoms. The van der Waals surface area contributed by atoms with E-state index in [9.17, 15) is 19.1 Å². The number of rotatable bonds is 4. The van der Waals surface area contributed by atoms with Gasteiger partial charge in [-0.2, -0.15) is 0 Å². The van der Waals surface area contributed by atoms with Crippen LogP contribution in [-0.4, -0.2) is 58.5 Å². The van der Waals surface area contributed by atoms with Gasteiger partial charge in [0.25, 0.3) is 0 Å². The van der Waals surface area contributed by atoms with Crippen molar-refractivity contribution in [3.8, 4) is 11.8 Å². The maximum atomic E-state index is 13.0. The zero-order valence-corrected chi connectivity index (χ0v) is 17.7. The van der Waals surface area contributed by atoms with Crippen LogP contribution in [0, 0.1) is 23.6 Å². The van der Waals surface area contributed by atoms with Crippen molar-refractivity contribution in [1.29, 1.82) is 0 Å². The second-order valence-electron chi connectivity index (χ2n) is 8.94. The van der Waals surface area contributed by atoms with E-state index < -0.39 is 0 Å². The third-order valence-electron chi connectivity index (χ3n) is 6.76. The molecule has 1 saturated carbocycles. The molecule has 2 heterocycles. The number of aliphatic hydroxyl groups is 1. The third-order valence-corrected chi connectivity index (χ3v) is 6.76. The summed E-state index contributed by atoms with van der Waals surface area (Å²) in [5.41, 5.74) is 2.60. The molecule has 6 heteroatoms. The molecule has 5 nitrogen and oxygen atoms in total. The van der Waals surface area contributed by atoms with Crippen LogP contribution in [0.25, 0.3) is 0 Å². The summed E-state index contributed by atoms with van der Waals surface area (Å²) in [5, 5.41) is 9.94. The maximum Gasteiger partial charge on any atom is 0.242 e. The number of benzene rings is 2. The molecule has 2 amide bonds. The Morgan fingerprint density at radius 3 is 2.25 bits per heavy atom. The molecule has 0 aromatic heterocycles. The smallest absolute Gasteiger partial charge is 0.242 e. The van der Waals surface area contributed by atoms with E-state index >= 15 is 0 Å². The summed E-state index contributed by atoms with van der Waals surface area (Å²) in [6, 6.07) is 13.5. The number of aliphatic hydroxyl groups excluding tert-OH is 1. The molecule has 5 rings (SSSR count). The average molecular weight is 432 g/mol. The molecule has 3 atom stereocenters. The summed E-state index contributed by atoms with van der Waals surface area (Å²) in [4.78, 5) is 28.7. The molecule has 32 heavy (non-hydrogen) atoms. The Bertz CT molecular complexity index is 1080. The van der Waals surface area contributed by atoms with Crippen molar-refractivity contribution < 1.29 is 19.1 Å². The highest BCUT2D eigenvalue weighted by molar-refractivity contribution is 5.88. The molecule has 2 saturated heterocycles. The molecule has 164 valence electrons. The predicted molar refractivity (Wildman–Crippen MR) is 117 cm³/mol. The molecule has 0 radical (unpaired) electrons. The standard InChI is InChI=1S/C26H25FN2O3/c27-21-11-7-18(8-12-21)2-1-17-5-9-20(10-6-17)26-22-14-28(24(31)13-19-3-4-19)15-25(32)29(22)23(26)16-30/h5-12,19,22-23,26,30H,3-4,13-16H2/t22-,23-,26-/m0/s1. The SMILES string of the molecule is O=C(CC1CC1)N1CC(=O)N2[C@@H](CO)[C@@H](c3ccc(C#Cc4ccc(F)cc4)cc3)[C@@H]2C1. The van der Waals surface area contributed by atoms with E-state index in [1.165, 1.54) is 12.1 Å². The molecule has 0 spiro atoms. The number of fused-ring (bicyclic) bond motifs is 1. The van der Waals surface area contributed by atoms with Crippen LogP contribution in [0.5, 0.6) is 0 Å². The molecule has 0 unspecified atom stereocenters. The lowest BCUT2D eigenvalue weighted by Crippen LogP contribution is -2.73. The van der Waals surface area contributed by atoms with Crippen LogP contribution in [0.4, 0.5) is 4.39 Å². The summed E-state index contributed by atoms with van der Waals surface area (Å²) < 4.78 is 13.0. The number of hydrogen-bond donors (Lipinski definition) is 1. The molecule has 1 N–H and O–H groups in total. The number of hydrogen-bond acceptors (Lipinski definition) is 3. The minimum absolute atomic E-state index is 0.0143. The summed E-state index contributed by atoms with van der Waals surface area (Å²) in [5.74, 6) is 6.27. The van der Waals surface area contributed by atoms with Crippen molar-refractivity contribution in [2.24, 2.45) is 5.92 Å². The molecule has 3 aliphatic rings. The Hall–Kier alpha value is -3.17. The number of nitrogens with zero attached hydrogens (tertiary/aromatic N) is 2. The molecule has 1 aliphatic carbocycles. The minimum atomic E-state index is -0.290. The van der Waals surface area contributed by atoms with Gasteiger partial charge in [-0.05, 0) is 60.7 Å². The van der Waals surface area contributed by atoms with Gasteiger partial charge in [0.05, 0.1) is 25.2 Å². The fraction of sp³-hybridized carbons (Fsp3) is 0.385. The normalized spacial score (nSPS) is 24.3. The monoisotopic (exact) mass is 432 g/mol. The van der Waals surface area contributed by atoms with E-state index in [4.69, 9.17) is 0 Å². The van der Waals surface area contributed by atoms with Gasteiger partial charge in [0, 0.05) is 30.0 Å². The number of amides is 2. The van der Waals surface area contributed by atoms with E-state index in [1.807, 2.05) is 24.3 Å². The fourth-order valence-corrected chi connectivity index (χ4v) is 4.85. The first-order valence-electron chi connectivity index (χ1n) is 11.1. The Morgan fingerprint density at radius 1 is 1.03 bits per heavy atom. The van der Waals surface area contributed by atoms with Crippen molar-refractivity contribution in [3.05, 3.63) is 71.0 Å².